The van der Waals surface area contributed by atoms with Gasteiger partial charge in [0.05, 0.1) is 17.0 Å². The number of rotatable bonds is 3. The average Bonchev–Trinajstić information content (AvgIpc) is 2.61. The third-order valence-electron chi connectivity index (χ3n) is 4.23. The van der Waals surface area contributed by atoms with Crippen molar-refractivity contribution >= 4 is 21.7 Å². The van der Waals surface area contributed by atoms with Crippen LogP contribution in [-0.2, 0) is 6.42 Å². The molecule has 0 radical (unpaired) electrons. The summed E-state index contributed by atoms with van der Waals surface area (Å²) in [6.07, 6.45) is -0.478. The molecule has 3 aromatic carbocycles. The Hall–Kier alpha value is -2.98. The summed E-state index contributed by atoms with van der Waals surface area (Å²) in [7, 11) is 0. The van der Waals surface area contributed by atoms with Gasteiger partial charge in [0, 0.05) is 6.42 Å². The van der Waals surface area contributed by atoms with Gasteiger partial charge in [-0.3, -0.25) is 4.79 Å². The number of hydrogen-bond donors (Lipinski definition) is 2. The van der Waals surface area contributed by atoms with Crippen molar-refractivity contribution in [3.8, 4) is 0 Å². The standard InChI is InChI=1S/C20H16N2O2/c23-18(15-10-5-7-13-6-1-2-8-14(13)15)12-19-21-17-11-4-3-9-16(17)20(24)22-19/h1-11,18,23H,12H2,(H,21,22,24). The lowest BCUT2D eigenvalue weighted by Gasteiger charge is -2.13. The van der Waals surface area contributed by atoms with Gasteiger partial charge >= 0.3 is 0 Å². The van der Waals surface area contributed by atoms with Crippen molar-refractivity contribution in [3.63, 3.8) is 0 Å². The maximum atomic E-state index is 12.2. The molecule has 1 atom stereocenters. The summed E-state index contributed by atoms with van der Waals surface area (Å²) in [4.78, 5) is 19.4. The summed E-state index contributed by atoms with van der Waals surface area (Å²) in [5.74, 6) is 0.485. The van der Waals surface area contributed by atoms with E-state index in [0.29, 0.717) is 16.7 Å². The van der Waals surface area contributed by atoms with E-state index >= 15 is 0 Å². The zero-order valence-electron chi connectivity index (χ0n) is 12.9. The molecule has 0 saturated carbocycles. The Balaban J connectivity index is 1.73. The monoisotopic (exact) mass is 316 g/mol. The molecule has 1 aromatic heterocycles. The molecule has 4 rings (SSSR count). The summed E-state index contributed by atoms with van der Waals surface area (Å²) in [5, 5.41) is 13.3. The SMILES string of the molecule is O=c1[nH]c(CC(O)c2cccc3ccccc23)nc2ccccc12. The Labute approximate surface area is 138 Å². The third-order valence-corrected chi connectivity index (χ3v) is 4.23. The Morgan fingerprint density at radius 2 is 1.62 bits per heavy atom. The van der Waals surface area contributed by atoms with Crippen molar-refractivity contribution < 1.29 is 5.11 Å². The molecule has 1 heterocycles. The molecule has 4 nitrogen and oxygen atoms in total. The van der Waals surface area contributed by atoms with Crippen molar-refractivity contribution in [3.05, 3.63) is 88.5 Å². The zero-order valence-corrected chi connectivity index (χ0v) is 12.9. The van der Waals surface area contributed by atoms with Gasteiger partial charge in [-0.25, -0.2) is 4.98 Å². The van der Waals surface area contributed by atoms with E-state index in [2.05, 4.69) is 9.97 Å². The fourth-order valence-corrected chi connectivity index (χ4v) is 3.07. The first-order chi connectivity index (χ1) is 11.7. The van der Waals surface area contributed by atoms with Gasteiger partial charge in [0.15, 0.2) is 0 Å². The number of aliphatic hydroxyl groups excluding tert-OH is 1. The molecule has 4 aromatic rings. The highest BCUT2D eigenvalue weighted by Crippen LogP contribution is 2.26. The van der Waals surface area contributed by atoms with Crippen LogP contribution in [0.25, 0.3) is 21.7 Å². The van der Waals surface area contributed by atoms with Crippen molar-refractivity contribution in [2.45, 2.75) is 12.5 Å². The van der Waals surface area contributed by atoms with Crippen LogP contribution in [-0.4, -0.2) is 15.1 Å². The maximum absolute atomic E-state index is 12.2. The summed E-state index contributed by atoms with van der Waals surface area (Å²) >= 11 is 0. The molecule has 0 fully saturated rings. The van der Waals surface area contributed by atoms with Gasteiger partial charge in [0.1, 0.15) is 5.82 Å². The normalized spacial score (nSPS) is 12.5. The van der Waals surface area contributed by atoms with Crippen LogP contribution in [0.15, 0.2) is 71.5 Å². The quantitative estimate of drug-likeness (QED) is 0.609. The number of aromatic nitrogens is 2. The lowest BCUT2D eigenvalue weighted by atomic mass is 9.98. The average molecular weight is 316 g/mol. The molecule has 0 amide bonds. The van der Waals surface area contributed by atoms with E-state index in [1.165, 1.54) is 0 Å². The van der Waals surface area contributed by atoms with Gasteiger partial charge in [-0.05, 0) is 28.5 Å². The Morgan fingerprint density at radius 3 is 2.50 bits per heavy atom. The number of aliphatic hydroxyl groups is 1. The van der Waals surface area contributed by atoms with Gasteiger partial charge in [0.25, 0.3) is 5.56 Å². The zero-order chi connectivity index (χ0) is 16.5. The fraction of sp³-hybridized carbons (Fsp3) is 0.100. The highest BCUT2D eigenvalue weighted by atomic mass is 16.3. The molecule has 24 heavy (non-hydrogen) atoms. The minimum absolute atomic E-state index is 0.180. The van der Waals surface area contributed by atoms with Gasteiger partial charge in [-0.2, -0.15) is 0 Å². The Bertz CT molecular complexity index is 1080. The second-order valence-corrected chi connectivity index (χ2v) is 5.82. The highest BCUT2D eigenvalue weighted by Gasteiger charge is 2.14. The fourth-order valence-electron chi connectivity index (χ4n) is 3.07. The summed E-state index contributed by atoms with van der Waals surface area (Å²) in [6.45, 7) is 0. The van der Waals surface area contributed by atoms with Crippen LogP contribution < -0.4 is 5.56 Å². The van der Waals surface area contributed by atoms with Crippen LogP contribution in [0.5, 0.6) is 0 Å². The number of fused-ring (bicyclic) bond motifs is 2. The molecule has 118 valence electrons. The summed E-state index contributed by atoms with van der Waals surface area (Å²) in [6, 6.07) is 21.0. The van der Waals surface area contributed by atoms with Crippen molar-refractivity contribution in [1.82, 2.24) is 9.97 Å². The molecule has 2 N–H and O–H groups in total. The van der Waals surface area contributed by atoms with E-state index in [-0.39, 0.29) is 12.0 Å². The van der Waals surface area contributed by atoms with Crippen LogP contribution in [0.2, 0.25) is 0 Å². The van der Waals surface area contributed by atoms with Gasteiger partial charge in [-0.15, -0.1) is 0 Å². The molecule has 0 spiro atoms. The molecule has 0 aliphatic rings. The smallest absolute Gasteiger partial charge is 0.258 e. The minimum Gasteiger partial charge on any atom is -0.388 e. The van der Waals surface area contributed by atoms with Crippen molar-refractivity contribution in [1.29, 1.82) is 0 Å². The molecule has 0 bridgehead atoms. The molecule has 4 heteroatoms. The van der Waals surface area contributed by atoms with Crippen molar-refractivity contribution in [2.24, 2.45) is 0 Å². The lowest BCUT2D eigenvalue weighted by Crippen LogP contribution is -2.14. The van der Waals surface area contributed by atoms with Crippen molar-refractivity contribution in [2.75, 3.05) is 0 Å². The molecule has 0 aliphatic carbocycles. The Kier molecular flexibility index (Phi) is 3.59. The molecule has 0 saturated heterocycles. The first kappa shape index (κ1) is 14.6. The number of para-hydroxylation sites is 1. The first-order valence-corrected chi connectivity index (χ1v) is 7.86. The number of nitrogens with one attached hydrogen (secondary N) is 1. The van der Waals surface area contributed by atoms with Gasteiger partial charge in [-0.1, -0.05) is 54.6 Å². The molecular formula is C20H16N2O2. The number of nitrogens with zero attached hydrogens (tertiary/aromatic N) is 1. The van der Waals surface area contributed by atoms with Gasteiger partial charge < -0.3 is 10.1 Å². The predicted octanol–water partition coefficient (Wildman–Crippen LogP) is 3.35. The maximum Gasteiger partial charge on any atom is 0.258 e. The van der Waals surface area contributed by atoms with E-state index in [1.807, 2.05) is 54.6 Å². The lowest BCUT2D eigenvalue weighted by molar-refractivity contribution is 0.177. The topological polar surface area (TPSA) is 66.0 Å². The third kappa shape index (κ3) is 2.57. The van der Waals surface area contributed by atoms with E-state index in [9.17, 15) is 9.90 Å². The van der Waals surface area contributed by atoms with Crippen LogP contribution in [0, 0.1) is 0 Å². The second-order valence-electron chi connectivity index (χ2n) is 5.82. The Morgan fingerprint density at radius 1 is 0.917 bits per heavy atom. The number of H-pyrrole nitrogens is 1. The van der Waals surface area contributed by atoms with Crippen LogP contribution in [0.4, 0.5) is 0 Å². The number of benzene rings is 3. The predicted molar refractivity (Wildman–Crippen MR) is 95.0 cm³/mol. The van der Waals surface area contributed by atoms with E-state index in [1.54, 1.807) is 12.1 Å². The highest BCUT2D eigenvalue weighted by molar-refractivity contribution is 5.86. The first-order valence-electron chi connectivity index (χ1n) is 7.86. The molecule has 1 unspecified atom stereocenters. The summed E-state index contributed by atoms with van der Waals surface area (Å²) < 4.78 is 0. The van der Waals surface area contributed by atoms with Crippen LogP contribution in [0.1, 0.15) is 17.5 Å². The molecule has 0 aliphatic heterocycles. The number of hydrogen-bond acceptors (Lipinski definition) is 3. The molecular weight excluding hydrogens is 300 g/mol. The summed E-state index contributed by atoms with van der Waals surface area (Å²) in [5.41, 5.74) is 1.30. The second kappa shape index (κ2) is 5.91. The van der Waals surface area contributed by atoms with Crippen LogP contribution in [0.3, 0.4) is 0 Å². The van der Waals surface area contributed by atoms with Crippen LogP contribution >= 0.6 is 0 Å². The minimum atomic E-state index is -0.736. The van der Waals surface area contributed by atoms with E-state index in [0.717, 1.165) is 16.3 Å². The van der Waals surface area contributed by atoms with Gasteiger partial charge in [0.2, 0.25) is 0 Å². The van der Waals surface area contributed by atoms with E-state index < -0.39 is 6.10 Å². The largest absolute Gasteiger partial charge is 0.388 e. The number of aromatic amines is 1. The van der Waals surface area contributed by atoms with E-state index in [4.69, 9.17) is 0 Å².